The van der Waals surface area contributed by atoms with Gasteiger partial charge in [0.05, 0.1) is 19.5 Å². The van der Waals surface area contributed by atoms with Crippen LogP contribution in [0, 0.1) is 9.54 Å². The number of hydrogen-bond donors (Lipinski definition) is 2. The molecular formula is C19H18N6S2. The molecule has 0 bridgehead atoms. The Morgan fingerprint density at radius 2 is 1.07 bits per heavy atom. The van der Waals surface area contributed by atoms with Crippen LogP contribution >= 0.6 is 24.4 Å². The minimum atomic E-state index is 0.528. The standard InChI is InChI=1S/C19H18N6S2/c26-18-22-20-16(24(18)12-14-7-3-1-4-8-14)11-17-21-23-19(27)25(17)13-15-9-5-2-6-10-15/h1-10H,11-13H2,(H,22,26)(H,23,27). The minimum absolute atomic E-state index is 0.528. The van der Waals surface area contributed by atoms with E-state index >= 15 is 0 Å². The number of nitrogens with one attached hydrogen (secondary N) is 2. The van der Waals surface area contributed by atoms with E-state index in [0.717, 1.165) is 11.6 Å². The van der Waals surface area contributed by atoms with Crippen LogP contribution < -0.4 is 0 Å². The second-order valence-corrected chi connectivity index (χ2v) is 6.98. The first-order valence-electron chi connectivity index (χ1n) is 8.57. The Bertz CT molecular complexity index is 1050. The SMILES string of the molecule is S=c1[nH]nc(Cc2n[nH]c(=S)n2Cc2ccccc2)n1Cc1ccccc1. The molecule has 6 nitrogen and oxygen atoms in total. The van der Waals surface area contributed by atoms with E-state index in [9.17, 15) is 0 Å². The van der Waals surface area contributed by atoms with Gasteiger partial charge in [-0.2, -0.15) is 10.2 Å². The maximum Gasteiger partial charge on any atom is 0.195 e. The molecule has 0 amide bonds. The third-order valence-electron chi connectivity index (χ3n) is 4.36. The number of rotatable bonds is 6. The summed E-state index contributed by atoms with van der Waals surface area (Å²) in [7, 11) is 0. The van der Waals surface area contributed by atoms with E-state index in [1.54, 1.807) is 0 Å². The molecule has 0 saturated carbocycles. The predicted octanol–water partition coefficient (Wildman–Crippen LogP) is 3.88. The summed E-state index contributed by atoms with van der Waals surface area (Å²) in [6, 6.07) is 20.4. The van der Waals surface area contributed by atoms with Crippen molar-refractivity contribution >= 4 is 24.4 Å². The lowest BCUT2D eigenvalue weighted by Crippen LogP contribution is -2.11. The van der Waals surface area contributed by atoms with Gasteiger partial charge in [-0.3, -0.25) is 19.3 Å². The van der Waals surface area contributed by atoms with Crippen LogP contribution in [0.2, 0.25) is 0 Å². The molecule has 2 aromatic carbocycles. The molecule has 4 rings (SSSR count). The fraction of sp³-hybridized carbons (Fsp3) is 0.158. The number of H-pyrrole nitrogens is 2. The molecule has 0 saturated heterocycles. The van der Waals surface area contributed by atoms with E-state index in [-0.39, 0.29) is 0 Å². The molecule has 0 fully saturated rings. The molecule has 0 aliphatic rings. The number of benzene rings is 2. The summed E-state index contributed by atoms with van der Waals surface area (Å²) in [6.07, 6.45) is 0.528. The molecule has 0 spiro atoms. The minimum Gasteiger partial charge on any atom is -0.299 e. The van der Waals surface area contributed by atoms with Crippen LogP contribution in [0.1, 0.15) is 22.8 Å². The molecule has 0 aliphatic heterocycles. The highest BCUT2D eigenvalue weighted by molar-refractivity contribution is 7.71. The van der Waals surface area contributed by atoms with Crippen molar-refractivity contribution in [3.63, 3.8) is 0 Å². The summed E-state index contributed by atoms with van der Waals surface area (Å²) in [5, 5.41) is 14.6. The molecule has 4 aromatic rings. The molecule has 2 heterocycles. The normalized spacial score (nSPS) is 11.0. The topological polar surface area (TPSA) is 67.2 Å². The van der Waals surface area contributed by atoms with Gasteiger partial charge in [-0.05, 0) is 35.6 Å². The Labute approximate surface area is 166 Å². The quantitative estimate of drug-likeness (QED) is 0.487. The summed E-state index contributed by atoms with van der Waals surface area (Å²) in [4.78, 5) is 0. The van der Waals surface area contributed by atoms with Crippen molar-refractivity contribution < 1.29 is 0 Å². The van der Waals surface area contributed by atoms with Crippen molar-refractivity contribution in [3.8, 4) is 0 Å². The van der Waals surface area contributed by atoms with E-state index < -0.39 is 0 Å². The van der Waals surface area contributed by atoms with Crippen molar-refractivity contribution in [2.45, 2.75) is 19.5 Å². The van der Waals surface area contributed by atoms with E-state index in [4.69, 9.17) is 24.4 Å². The van der Waals surface area contributed by atoms with Crippen LogP contribution in [0.5, 0.6) is 0 Å². The van der Waals surface area contributed by atoms with Gasteiger partial charge in [0.1, 0.15) is 11.6 Å². The van der Waals surface area contributed by atoms with E-state index in [1.807, 2.05) is 45.5 Å². The lowest BCUT2D eigenvalue weighted by molar-refractivity contribution is 0.682. The van der Waals surface area contributed by atoms with Gasteiger partial charge in [0.25, 0.3) is 0 Å². The van der Waals surface area contributed by atoms with Gasteiger partial charge in [-0.15, -0.1) is 0 Å². The van der Waals surface area contributed by atoms with Gasteiger partial charge in [0, 0.05) is 0 Å². The Kier molecular flexibility index (Phi) is 5.08. The number of hydrogen-bond acceptors (Lipinski definition) is 4. The smallest absolute Gasteiger partial charge is 0.195 e. The first-order chi connectivity index (χ1) is 13.2. The molecule has 0 aliphatic carbocycles. The average molecular weight is 395 g/mol. The molecule has 136 valence electrons. The molecular weight excluding hydrogens is 376 g/mol. The van der Waals surface area contributed by atoms with Crippen molar-refractivity contribution in [2.24, 2.45) is 0 Å². The zero-order valence-electron chi connectivity index (χ0n) is 14.5. The highest BCUT2D eigenvalue weighted by Crippen LogP contribution is 2.12. The van der Waals surface area contributed by atoms with E-state index in [1.165, 1.54) is 11.1 Å². The zero-order chi connectivity index (χ0) is 18.6. The van der Waals surface area contributed by atoms with Crippen molar-refractivity contribution in [3.05, 3.63) is 93.0 Å². The zero-order valence-corrected chi connectivity index (χ0v) is 16.1. The van der Waals surface area contributed by atoms with Gasteiger partial charge in [0.15, 0.2) is 9.54 Å². The highest BCUT2D eigenvalue weighted by atomic mass is 32.1. The largest absolute Gasteiger partial charge is 0.299 e. The van der Waals surface area contributed by atoms with Crippen LogP contribution in [0.3, 0.4) is 0 Å². The second-order valence-electron chi connectivity index (χ2n) is 6.21. The van der Waals surface area contributed by atoms with Crippen molar-refractivity contribution in [1.82, 2.24) is 29.5 Å². The summed E-state index contributed by atoms with van der Waals surface area (Å²) in [6.45, 7) is 1.32. The van der Waals surface area contributed by atoms with Crippen LogP contribution in [-0.2, 0) is 19.5 Å². The number of aromatic amines is 2. The molecule has 0 unspecified atom stereocenters. The Balaban J connectivity index is 1.62. The molecule has 27 heavy (non-hydrogen) atoms. The molecule has 0 radical (unpaired) electrons. The molecule has 2 aromatic heterocycles. The Morgan fingerprint density at radius 3 is 1.48 bits per heavy atom. The van der Waals surface area contributed by atoms with Gasteiger partial charge in [0.2, 0.25) is 0 Å². The predicted molar refractivity (Wildman–Crippen MR) is 109 cm³/mol. The second kappa shape index (κ2) is 7.81. The third kappa shape index (κ3) is 3.96. The summed E-state index contributed by atoms with van der Waals surface area (Å²) >= 11 is 10.8. The van der Waals surface area contributed by atoms with Crippen LogP contribution in [0.15, 0.2) is 60.7 Å². The third-order valence-corrected chi connectivity index (χ3v) is 4.98. The number of aromatic nitrogens is 6. The fourth-order valence-corrected chi connectivity index (χ4v) is 3.40. The Hall–Kier alpha value is -2.84. The first kappa shape index (κ1) is 17.6. The van der Waals surface area contributed by atoms with Crippen molar-refractivity contribution in [2.75, 3.05) is 0 Å². The molecule has 2 N–H and O–H groups in total. The summed E-state index contributed by atoms with van der Waals surface area (Å²) in [5.74, 6) is 1.65. The van der Waals surface area contributed by atoms with Gasteiger partial charge >= 0.3 is 0 Å². The first-order valence-corrected chi connectivity index (χ1v) is 9.38. The van der Waals surface area contributed by atoms with Crippen molar-refractivity contribution in [1.29, 1.82) is 0 Å². The van der Waals surface area contributed by atoms with Gasteiger partial charge in [-0.1, -0.05) is 60.7 Å². The van der Waals surface area contributed by atoms with Crippen LogP contribution in [-0.4, -0.2) is 29.5 Å². The summed E-state index contributed by atoms with van der Waals surface area (Å²) in [5.41, 5.74) is 2.33. The van der Waals surface area contributed by atoms with E-state index in [0.29, 0.717) is 29.1 Å². The fourth-order valence-electron chi connectivity index (χ4n) is 2.97. The number of nitrogens with zero attached hydrogens (tertiary/aromatic N) is 4. The maximum absolute atomic E-state index is 5.42. The lowest BCUT2D eigenvalue weighted by Gasteiger charge is -2.09. The Morgan fingerprint density at radius 1 is 0.667 bits per heavy atom. The van der Waals surface area contributed by atoms with E-state index in [2.05, 4.69) is 44.7 Å². The maximum atomic E-state index is 5.42. The van der Waals surface area contributed by atoms with Crippen LogP contribution in [0.4, 0.5) is 0 Å². The average Bonchev–Trinajstić information content (AvgIpc) is 3.21. The monoisotopic (exact) mass is 394 g/mol. The highest BCUT2D eigenvalue weighted by Gasteiger charge is 2.13. The lowest BCUT2D eigenvalue weighted by atomic mass is 10.2. The van der Waals surface area contributed by atoms with Gasteiger partial charge in [-0.25, -0.2) is 0 Å². The molecule has 8 heteroatoms. The summed E-state index contributed by atoms with van der Waals surface area (Å²) < 4.78 is 5.18. The molecule has 0 atom stereocenters. The van der Waals surface area contributed by atoms with Crippen LogP contribution in [0.25, 0.3) is 0 Å². The van der Waals surface area contributed by atoms with Gasteiger partial charge < -0.3 is 0 Å².